The minimum atomic E-state index is -0.402. The fourth-order valence-corrected chi connectivity index (χ4v) is 2.56. The molecule has 0 saturated heterocycles. The number of hydrogen-bond donors (Lipinski definition) is 2. The van der Waals surface area contributed by atoms with Gasteiger partial charge in [0.05, 0.1) is 6.04 Å². The zero-order chi connectivity index (χ0) is 12.8. The molecule has 2 rings (SSSR count). The highest BCUT2D eigenvalue weighted by molar-refractivity contribution is 5.94. The predicted octanol–water partition coefficient (Wildman–Crippen LogP) is 2.74. The van der Waals surface area contributed by atoms with Crippen LogP contribution in [-0.2, 0) is 4.79 Å². The van der Waals surface area contributed by atoms with E-state index in [1.807, 2.05) is 0 Å². The Bertz CT molecular complexity index is 380. The summed E-state index contributed by atoms with van der Waals surface area (Å²) in [5, 5.41) is 2.83. The van der Waals surface area contributed by atoms with E-state index < -0.39 is 6.04 Å². The van der Waals surface area contributed by atoms with Gasteiger partial charge in [-0.05, 0) is 24.5 Å². The van der Waals surface area contributed by atoms with Crippen LogP contribution in [0.4, 0.5) is 5.69 Å². The van der Waals surface area contributed by atoms with Gasteiger partial charge < -0.3 is 11.1 Å². The lowest BCUT2D eigenvalue weighted by atomic mass is 9.85. The van der Waals surface area contributed by atoms with E-state index in [0.29, 0.717) is 5.92 Å². The molecule has 1 aliphatic rings. The first-order valence-electron chi connectivity index (χ1n) is 6.72. The number of nitrogens with two attached hydrogens (primary N) is 1. The van der Waals surface area contributed by atoms with Crippen LogP contribution in [0.3, 0.4) is 0 Å². The molecule has 0 bridgehead atoms. The van der Waals surface area contributed by atoms with Crippen molar-refractivity contribution >= 4 is 24.0 Å². The maximum Gasteiger partial charge on any atom is 0.241 e. The Hall–Kier alpha value is -1.13. The number of anilines is 1. The molecule has 1 aliphatic carbocycles. The molecule has 4 nitrogen and oxygen atoms in total. The van der Waals surface area contributed by atoms with E-state index in [4.69, 9.17) is 5.73 Å². The van der Waals surface area contributed by atoms with Gasteiger partial charge in [-0.1, -0.05) is 32.1 Å². The third-order valence-corrected chi connectivity index (χ3v) is 3.60. The SMILES string of the molecule is Cl.NC(CC1CCCCC1)C(=O)Nc1ccncc1. The molecule has 1 unspecified atom stereocenters. The summed E-state index contributed by atoms with van der Waals surface area (Å²) >= 11 is 0. The molecule has 1 heterocycles. The van der Waals surface area contributed by atoms with Crippen LogP contribution in [0.2, 0.25) is 0 Å². The Balaban J connectivity index is 0.00000180. The predicted molar refractivity (Wildman–Crippen MR) is 79.3 cm³/mol. The van der Waals surface area contributed by atoms with Gasteiger partial charge in [0.15, 0.2) is 0 Å². The van der Waals surface area contributed by atoms with Gasteiger partial charge in [-0.15, -0.1) is 12.4 Å². The molecule has 1 amide bonds. The van der Waals surface area contributed by atoms with E-state index in [0.717, 1.165) is 12.1 Å². The van der Waals surface area contributed by atoms with Crippen molar-refractivity contribution in [3.8, 4) is 0 Å². The molecule has 0 aliphatic heterocycles. The maximum atomic E-state index is 11.9. The number of halogens is 1. The first kappa shape index (κ1) is 15.9. The van der Waals surface area contributed by atoms with E-state index in [1.54, 1.807) is 24.5 Å². The number of nitrogens with one attached hydrogen (secondary N) is 1. The lowest BCUT2D eigenvalue weighted by Crippen LogP contribution is -2.37. The minimum absolute atomic E-state index is 0. The summed E-state index contributed by atoms with van der Waals surface area (Å²) in [7, 11) is 0. The molecule has 106 valence electrons. The van der Waals surface area contributed by atoms with Crippen molar-refractivity contribution in [1.29, 1.82) is 0 Å². The number of pyridine rings is 1. The second-order valence-corrected chi connectivity index (χ2v) is 5.07. The third kappa shape index (κ3) is 5.17. The number of carbonyl (C=O) groups excluding carboxylic acids is 1. The zero-order valence-corrected chi connectivity index (χ0v) is 11.9. The van der Waals surface area contributed by atoms with Crippen molar-refractivity contribution < 1.29 is 4.79 Å². The average molecular weight is 284 g/mol. The molecule has 0 radical (unpaired) electrons. The molecule has 1 saturated carbocycles. The Labute approximate surface area is 120 Å². The number of aromatic nitrogens is 1. The van der Waals surface area contributed by atoms with Gasteiger partial charge in [-0.2, -0.15) is 0 Å². The maximum absolute atomic E-state index is 11.9. The van der Waals surface area contributed by atoms with Crippen molar-refractivity contribution in [1.82, 2.24) is 4.98 Å². The van der Waals surface area contributed by atoms with E-state index in [1.165, 1.54) is 32.1 Å². The lowest BCUT2D eigenvalue weighted by Gasteiger charge is -2.24. The summed E-state index contributed by atoms with van der Waals surface area (Å²) in [6.45, 7) is 0. The summed E-state index contributed by atoms with van der Waals surface area (Å²) in [6.07, 6.45) is 10.4. The van der Waals surface area contributed by atoms with Crippen molar-refractivity contribution in [2.75, 3.05) is 5.32 Å². The normalized spacial score (nSPS) is 17.3. The van der Waals surface area contributed by atoms with E-state index >= 15 is 0 Å². The zero-order valence-electron chi connectivity index (χ0n) is 11.0. The third-order valence-electron chi connectivity index (χ3n) is 3.60. The summed E-state index contributed by atoms with van der Waals surface area (Å²) in [5.74, 6) is 0.531. The Morgan fingerprint density at radius 1 is 1.32 bits per heavy atom. The Morgan fingerprint density at radius 3 is 2.58 bits per heavy atom. The summed E-state index contributed by atoms with van der Waals surface area (Å²) < 4.78 is 0. The van der Waals surface area contributed by atoms with E-state index in [-0.39, 0.29) is 18.3 Å². The van der Waals surface area contributed by atoms with Gasteiger partial charge in [0.2, 0.25) is 5.91 Å². The number of hydrogen-bond acceptors (Lipinski definition) is 3. The summed E-state index contributed by atoms with van der Waals surface area (Å²) in [4.78, 5) is 15.8. The van der Waals surface area contributed by atoms with Gasteiger partial charge in [-0.3, -0.25) is 9.78 Å². The second-order valence-electron chi connectivity index (χ2n) is 5.07. The molecule has 1 atom stereocenters. The molecule has 1 fully saturated rings. The molecule has 1 aromatic heterocycles. The summed E-state index contributed by atoms with van der Waals surface area (Å²) in [5.41, 5.74) is 6.73. The Kier molecular flexibility index (Phi) is 6.81. The second kappa shape index (κ2) is 8.12. The van der Waals surface area contributed by atoms with Crippen molar-refractivity contribution in [2.45, 2.75) is 44.6 Å². The molecule has 3 N–H and O–H groups in total. The fraction of sp³-hybridized carbons (Fsp3) is 0.571. The topological polar surface area (TPSA) is 68.0 Å². The van der Waals surface area contributed by atoms with Crippen LogP contribution in [0.25, 0.3) is 0 Å². The van der Waals surface area contributed by atoms with E-state index in [2.05, 4.69) is 10.3 Å². The Morgan fingerprint density at radius 2 is 1.95 bits per heavy atom. The van der Waals surface area contributed by atoms with Crippen LogP contribution in [0.5, 0.6) is 0 Å². The van der Waals surface area contributed by atoms with Gasteiger partial charge in [0, 0.05) is 18.1 Å². The largest absolute Gasteiger partial charge is 0.325 e. The van der Waals surface area contributed by atoms with Crippen LogP contribution >= 0.6 is 12.4 Å². The van der Waals surface area contributed by atoms with Crippen molar-refractivity contribution in [2.24, 2.45) is 11.7 Å². The van der Waals surface area contributed by atoms with E-state index in [9.17, 15) is 4.79 Å². The monoisotopic (exact) mass is 283 g/mol. The number of nitrogens with zero attached hydrogens (tertiary/aromatic N) is 1. The van der Waals surface area contributed by atoms with Gasteiger partial charge >= 0.3 is 0 Å². The number of carbonyl (C=O) groups is 1. The summed E-state index contributed by atoms with van der Waals surface area (Å²) in [6, 6.07) is 3.14. The average Bonchev–Trinajstić information content (AvgIpc) is 2.41. The van der Waals surface area contributed by atoms with Crippen LogP contribution in [-0.4, -0.2) is 16.9 Å². The smallest absolute Gasteiger partial charge is 0.241 e. The number of rotatable bonds is 4. The van der Waals surface area contributed by atoms with Crippen LogP contribution in [0, 0.1) is 5.92 Å². The van der Waals surface area contributed by atoms with Gasteiger partial charge in [-0.25, -0.2) is 0 Å². The highest BCUT2D eigenvalue weighted by Crippen LogP contribution is 2.27. The first-order chi connectivity index (χ1) is 8.75. The molecule has 0 aromatic carbocycles. The molecular formula is C14H22ClN3O. The van der Waals surface area contributed by atoms with Crippen LogP contribution in [0.1, 0.15) is 38.5 Å². The highest BCUT2D eigenvalue weighted by atomic mass is 35.5. The number of amides is 1. The quantitative estimate of drug-likeness (QED) is 0.893. The first-order valence-corrected chi connectivity index (χ1v) is 6.72. The van der Waals surface area contributed by atoms with Crippen molar-refractivity contribution in [3.63, 3.8) is 0 Å². The lowest BCUT2D eigenvalue weighted by molar-refractivity contribution is -0.117. The molecule has 1 aromatic rings. The standard InChI is InChI=1S/C14H21N3O.ClH/c15-13(10-11-4-2-1-3-5-11)14(18)17-12-6-8-16-9-7-12;/h6-9,11,13H,1-5,10,15H2,(H,16,17,18);1H. The highest BCUT2D eigenvalue weighted by Gasteiger charge is 2.21. The molecule has 5 heteroatoms. The molecule has 0 spiro atoms. The van der Waals surface area contributed by atoms with Crippen LogP contribution in [0.15, 0.2) is 24.5 Å². The molecular weight excluding hydrogens is 262 g/mol. The molecule has 19 heavy (non-hydrogen) atoms. The van der Waals surface area contributed by atoms with Crippen LogP contribution < -0.4 is 11.1 Å². The van der Waals surface area contributed by atoms with Gasteiger partial charge in [0.1, 0.15) is 0 Å². The minimum Gasteiger partial charge on any atom is -0.325 e. The fourth-order valence-electron chi connectivity index (χ4n) is 2.56. The van der Waals surface area contributed by atoms with Crippen molar-refractivity contribution in [3.05, 3.63) is 24.5 Å². The van der Waals surface area contributed by atoms with Gasteiger partial charge in [0.25, 0.3) is 0 Å².